The van der Waals surface area contributed by atoms with E-state index in [1.165, 1.54) is 0 Å². The van der Waals surface area contributed by atoms with Gasteiger partial charge in [-0.3, -0.25) is 9.69 Å². The fraction of sp³-hybridized carbons (Fsp3) is 0.273. The van der Waals surface area contributed by atoms with Gasteiger partial charge in [-0.15, -0.1) is 0 Å². The molecule has 6 heteroatoms. The molecule has 0 spiro atoms. The molecule has 0 bridgehead atoms. The number of amides is 1. The average molecular weight is 428 g/mol. The molecule has 144 valence electrons. The largest absolute Gasteiger partial charge is 0.494 e. The predicted molar refractivity (Wildman–Crippen MR) is 121 cm³/mol. The molecule has 3 aromatic rings. The van der Waals surface area contributed by atoms with Crippen molar-refractivity contribution >= 4 is 44.5 Å². The summed E-state index contributed by atoms with van der Waals surface area (Å²) in [5.74, 6) is 0.755. The Morgan fingerprint density at radius 2 is 1.86 bits per heavy atom. The SMILES string of the molecule is CCOc1ccc(C(=O)N2c3c(C)cccc3-c3c(ssc3=S)C2(C)C)cc1. The van der Waals surface area contributed by atoms with Gasteiger partial charge in [-0.05, 0) is 57.5 Å². The molecule has 0 saturated carbocycles. The van der Waals surface area contributed by atoms with E-state index < -0.39 is 5.54 Å². The summed E-state index contributed by atoms with van der Waals surface area (Å²) < 4.78 is 6.41. The lowest BCUT2D eigenvalue weighted by Crippen LogP contribution is -2.48. The van der Waals surface area contributed by atoms with Crippen LogP contribution in [0.4, 0.5) is 5.69 Å². The highest BCUT2D eigenvalue weighted by Gasteiger charge is 2.43. The van der Waals surface area contributed by atoms with E-state index in [9.17, 15) is 4.79 Å². The van der Waals surface area contributed by atoms with E-state index in [2.05, 4.69) is 32.9 Å². The third-order valence-electron chi connectivity index (χ3n) is 5.09. The number of benzene rings is 2. The van der Waals surface area contributed by atoms with Crippen LogP contribution in [0.5, 0.6) is 5.75 Å². The van der Waals surface area contributed by atoms with Crippen molar-refractivity contribution in [2.75, 3.05) is 11.5 Å². The van der Waals surface area contributed by atoms with Crippen LogP contribution in [0.25, 0.3) is 11.1 Å². The first-order valence-electron chi connectivity index (χ1n) is 9.17. The van der Waals surface area contributed by atoms with Gasteiger partial charge in [0.05, 0.1) is 22.7 Å². The number of para-hydroxylation sites is 1. The second-order valence-electron chi connectivity index (χ2n) is 7.29. The average Bonchev–Trinajstić information content (AvgIpc) is 3.06. The van der Waals surface area contributed by atoms with Crippen LogP contribution in [0.1, 0.15) is 41.6 Å². The molecule has 0 saturated heterocycles. The van der Waals surface area contributed by atoms with Crippen molar-refractivity contribution in [2.45, 2.75) is 33.2 Å². The maximum Gasteiger partial charge on any atom is 0.259 e. The molecule has 0 fully saturated rings. The lowest BCUT2D eigenvalue weighted by molar-refractivity contribution is 0.0961. The molecule has 1 aliphatic heterocycles. The standard InChI is InChI=1S/C22H21NO2S3/c1-5-25-15-11-9-14(10-12-15)20(24)23-18-13(2)7-6-8-16(18)17-19(22(23,3)4)27-28-21(17)26/h6-12H,5H2,1-4H3. The fourth-order valence-corrected chi connectivity index (χ4v) is 7.06. The van der Waals surface area contributed by atoms with E-state index in [1.54, 1.807) is 20.7 Å². The summed E-state index contributed by atoms with van der Waals surface area (Å²) in [6.07, 6.45) is 0. The summed E-state index contributed by atoms with van der Waals surface area (Å²) in [5.41, 5.74) is 4.35. The van der Waals surface area contributed by atoms with Gasteiger partial charge in [0.1, 0.15) is 9.57 Å². The second kappa shape index (κ2) is 7.10. The van der Waals surface area contributed by atoms with Crippen molar-refractivity contribution < 1.29 is 9.53 Å². The Hall–Kier alpha value is -2.02. The van der Waals surface area contributed by atoms with Gasteiger partial charge in [-0.1, -0.05) is 51.1 Å². The minimum atomic E-state index is -0.484. The number of rotatable bonds is 3. The van der Waals surface area contributed by atoms with Crippen molar-refractivity contribution in [3.63, 3.8) is 0 Å². The fourth-order valence-electron chi connectivity index (χ4n) is 3.78. The Kier molecular flexibility index (Phi) is 4.89. The van der Waals surface area contributed by atoms with Crippen LogP contribution < -0.4 is 9.64 Å². The molecule has 4 rings (SSSR count). The number of carbonyl (C=O) groups is 1. The normalized spacial score (nSPS) is 14.4. The Morgan fingerprint density at radius 3 is 2.54 bits per heavy atom. The van der Waals surface area contributed by atoms with Gasteiger partial charge in [0.2, 0.25) is 0 Å². The number of hydrogen-bond acceptors (Lipinski definition) is 5. The monoisotopic (exact) mass is 427 g/mol. The number of anilines is 1. The molecular formula is C22H21NO2S3. The summed E-state index contributed by atoms with van der Waals surface area (Å²) in [7, 11) is 3.29. The van der Waals surface area contributed by atoms with Crippen molar-refractivity contribution in [3.8, 4) is 16.9 Å². The van der Waals surface area contributed by atoms with E-state index in [0.29, 0.717) is 12.2 Å². The predicted octanol–water partition coefficient (Wildman–Crippen LogP) is 6.81. The molecule has 28 heavy (non-hydrogen) atoms. The number of nitrogens with zero attached hydrogens (tertiary/aromatic N) is 1. The molecule has 0 unspecified atom stereocenters. The Morgan fingerprint density at radius 1 is 1.14 bits per heavy atom. The highest BCUT2D eigenvalue weighted by molar-refractivity contribution is 7.80. The van der Waals surface area contributed by atoms with Gasteiger partial charge >= 0.3 is 0 Å². The molecule has 0 aliphatic carbocycles. The van der Waals surface area contributed by atoms with Crippen LogP contribution in [0, 0.1) is 10.7 Å². The Bertz CT molecular complexity index is 1110. The maximum atomic E-state index is 13.7. The number of aryl methyl sites for hydroxylation is 1. The number of hydrogen-bond donors (Lipinski definition) is 0. The lowest BCUT2D eigenvalue weighted by Gasteiger charge is -2.43. The van der Waals surface area contributed by atoms with Crippen LogP contribution in [0.2, 0.25) is 0 Å². The van der Waals surface area contributed by atoms with Crippen molar-refractivity contribution in [1.82, 2.24) is 0 Å². The smallest absolute Gasteiger partial charge is 0.259 e. The van der Waals surface area contributed by atoms with Gasteiger partial charge in [-0.25, -0.2) is 0 Å². The van der Waals surface area contributed by atoms with E-state index >= 15 is 0 Å². The first kappa shape index (κ1) is 19.3. The van der Waals surface area contributed by atoms with Crippen LogP contribution in [-0.2, 0) is 5.54 Å². The summed E-state index contributed by atoms with van der Waals surface area (Å²) in [6, 6.07) is 13.5. The molecule has 3 nitrogen and oxygen atoms in total. The summed E-state index contributed by atoms with van der Waals surface area (Å²) in [6.45, 7) is 8.81. The maximum absolute atomic E-state index is 13.7. The first-order chi connectivity index (χ1) is 13.4. The lowest BCUT2D eigenvalue weighted by atomic mass is 9.85. The molecule has 2 aromatic carbocycles. The summed E-state index contributed by atoms with van der Waals surface area (Å²) >= 11 is 5.64. The number of fused-ring (bicyclic) bond motifs is 3. The summed E-state index contributed by atoms with van der Waals surface area (Å²) in [5, 5.41) is 0. The van der Waals surface area contributed by atoms with Crippen molar-refractivity contribution in [1.29, 1.82) is 0 Å². The summed E-state index contributed by atoms with van der Waals surface area (Å²) in [4.78, 5) is 16.8. The highest BCUT2D eigenvalue weighted by Crippen LogP contribution is 2.53. The molecule has 0 radical (unpaired) electrons. The van der Waals surface area contributed by atoms with Crippen molar-refractivity contribution in [3.05, 3.63) is 62.3 Å². The second-order valence-corrected chi connectivity index (χ2v) is 10.1. The molecule has 1 aromatic heterocycles. The zero-order chi connectivity index (χ0) is 20.1. The zero-order valence-corrected chi connectivity index (χ0v) is 18.7. The van der Waals surface area contributed by atoms with Crippen LogP contribution in [0.3, 0.4) is 0 Å². The van der Waals surface area contributed by atoms with Crippen LogP contribution >= 0.6 is 32.9 Å². The van der Waals surface area contributed by atoms with E-state index in [0.717, 1.165) is 36.8 Å². The Balaban J connectivity index is 1.89. The van der Waals surface area contributed by atoms with Gasteiger partial charge in [-0.2, -0.15) is 0 Å². The molecule has 2 heterocycles. The molecule has 0 atom stereocenters. The molecular weight excluding hydrogens is 406 g/mol. The van der Waals surface area contributed by atoms with Crippen LogP contribution in [0.15, 0.2) is 42.5 Å². The highest BCUT2D eigenvalue weighted by atomic mass is 32.9. The minimum absolute atomic E-state index is 0.0152. The van der Waals surface area contributed by atoms with Gasteiger partial charge in [0.25, 0.3) is 5.91 Å². The van der Waals surface area contributed by atoms with Gasteiger partial charge in [0.15, 0.2) is 0 Å². The molecule has 1 aliphatic rings. The third-order valence-corrected chi connectivity index (χ3v) is 8.42. The minimum Gasteiger partial charge on any atom is -0.494 e. The topological polar surface area (TPSA) is 29.5 Å². The van der Waals surface area contributed by atoms with Crippen LogP contribution in [-0.4, -0.2) is 12.5 Å². The van der Waals surface area contributed by atoms with Crippen molar-refractivity contribution in [2.24, 2.45) is 0 Å². The first-order valence-corrected chi connectivity index (χ1v) is 11.7. The van der Waals surface area contributed by atoms with Gasteiger partial charge < -0.3 is 4.74 Å². The molecule has 0 N–H and O–H groups in total. The Labute approximate surface area is 177 Å². The molecule has 1 amide bonds. The third kappa shape index (κ3) is 2.91. The number of carbonyl (C=O) groups excluding carboxylic acids is 1. The van der Waals surface area contributed by atoms with Gasteiger partial charge in [0, 0.05) is 16.7 Å². The zero-order valence-electron chi connectivity index (χ0n) is 16.2. The van der Waals surface area contributed by atoms with E-state index in [-0.39, 0.29) is 5.91 Å². The van der Waals surface area contributed by atoms with E-state index in [1.807, 2.05) is 42.2 Å². The quantitative estimate of drug-likeness (QED) is 0.340. The number of ether oxygens (including phenoxy) is 1. The van der Waals surface area contributed by atoms with E-state index in [4.69, 9.17) is 17.0 Å².